The minimum Gasteiger partial charge on any atom is -0.324 e. The van der Waals surface area contributed by atoms with Gasteiger partial charge in [-0.15, -0.1) is 0 Å². The fourth-order valence-electron chi connectivity index (χ4n) is 2.07. The van der Waals surface area contributed by atoms with Crippen LogP contribution in [0.15, 0.2) is 24.3 Å². The number of nitrogens with zero attached hydrogens (tertiary/aromatic N) is 2. The summed E-state index contributed by atoms with van der Waals surface area (Å²) in [5, 5.41) is 4.83. The number of hydrogen-bond acceptors (Lipinski definition) is 3. The van der Waals surface area contributed by atoms with Crippen molar-refractivity contribution in [1.29, 1.82) is 0 Å². The number of Topliss-reactive ketones (excluding diaryl/α,β-unsaturated/α-hetero) is 1. The van der Waals surface area contributed by atoms with Crippen LogP contribution in [0.4, 0.5) is 23.2 Å². The second-order valence-electron chi connectivity index (χ2n) is 5.03. The van der Waals surface area contributed by atoms with E-state index in [0.29, 0.717) is 15.9 Å². The molecule has 2 rings (SSSR count). The van der Waals surface area contributed by atoms with E-state index in [1.807, 2.05) is 0 Å². The highest BCUT2D eigenvalue weighted by Crippen LogP contribution is 2.34. The zero-order valence-electron chi connectivity index (χ0n) is 12.8. The molecule has 25 heavy (non-hydrogen) atoms. The number of benzene rings is 1. The number of alkyl halides is 4. The molecule has 1 N–H and O–H groups in total. The molecule has 2 aromatic rings. The predicted molar refractivity (Wildman–Crippen MR) is 82.2 cm³/mol. The summed E-state index contributed by atoms with van der Waals surface area (Å²) >= 11 is 5.50. The molecule has 0 spiro atoms. The molecular weight excluding hydrogens is 366 g/mol. The second kappa shape index (κ2) is 7.64. The van der Waals surface area contributed by atoms with E-state index in [1.165, 1.54) is 31.2 Å². The lowest BCUT2D eigenvalue weighted by atomic mass is 10.1. The molecule has 0 atom stereocenters. The van der Waals surface area contributed by atoms with Crippen molar-refractivity contribution in [2.45, 2.75) is 26.3 Å². The maximum absolute atomic E-state index is 13.0. The Kier molecular flexibility index (Phi) is 5.78. The van der Waals surface area contributed by atoms with Crippen molar-refractivity contribution in [2.24, 2.45) is 0 Å². The van der Waals surface area contributed by atoms with E-state index in [1.54, 1.807) is 0 Å². The van der Waals surface area contributed by atoms with Crippen molar-refractivity contribution in [3.63, 3.8) is 0 Å². The maximum Gasteiger partial charge on any atom is 0.283 e. The number of aromatic nitrogens is 2. The fraction of sp³-hybridized carbons (Fsp3) is 0.267. The summed E-state index contributed by atoms with van der Waals surface area (Å²) in [6, 6.07) is 5.84. The van der Waals surface area contributed by atoms with Gasteiger partial charge >= 0.3 is 0 Å². The molecule has 0 aliphatic carbocycles. The Morgan fingerprint density at radius 1 is 1.16 bits per heavy atom. The molecule has 1 aromatic carbocycles. The Hall–Kier alpha value is -2.42. The van der Waals surface area contributed by atoms with Crippen molar-refractivity contribution >= 4 is 29.0 Å². The summed E-state index contributed by atoms with van der Waals surface area (Å²) < 4.78 is 51.9. The van der Waals surface area contributed by atoms with Crippen LogP contribution in [0, 0.1) is 0 Å². The van der Waals surface area contributed by atoms with Gasteiger partial charge in [0.05, 0.1) is 5.02 Å². The molecule has 5 nitrogen and oxygen atoms in total. The molecule has 10 heteroatoms. The zero-order valence-corrected chi connectivity index (χ0v) is 13.5. The summed E-state index contributed by atoms with van der Waals surface area (Å²) in [6.07, 6.45) is -6.32. The highest BCUT2D eigenvalue weighted by Gasteiger charge is 2.28. The van der Waals surface area contributed by atoms with Crippen LogP contribution in [-0.4, -0.2) is 21.5 Å². The highest BCUT2D eigenvalue weighted by atomic mass is 35.5. The summed E-state index contributed by atoms with van der Waals surface area (Å²) in [5.74, 6) is -0.928. The van der Waals surface area contributed by atoms with Crippen LogP contribution in [0.25, 0.3) is 0 Å². The SMILES string of the molecule is CC(=O)c1ccc(NC(=O)Cn2nc(C(F)F)c(Cl)c2C(F)F)cc1. The first-order valence-electron chi connectivity index (χ1n) is 6.94. The van der Waals surface area contributed by atoms with Gasteiger partial charge in [0.2, 0.25) is 5.91 Å². The molecule has 0 aliphatic rings. The molecule has 0 radical (unpaired) electrons. The van der Waals surface area contributed by atoms with Gasteiger partial charge < -0.3 is 5.32 Å². The van der Waals surface area contributed by atoms with Crippen molar-refractivity contribution in [2.75, 3.05) is 5.32 Å². The van der Waals surface area contributed by atoms with Crippen LogP contribution >= 0.6 is 11.6 Å². The van der Waals surface area contributed by atoms with E-state index in [-0.39, 0.29) is 5.78 Å². The fourth-order valence-corrected chi connectivity index (χ4v) is 2.37. The van der Waals surface area contributed by atoms with Crippen LogP contribution in [0.1, 0.15) is 41.5 Å². The van der Waals surface area contributed by atoms with Gasteiger partial charge in [0.15, 0.2) is 5.78 Å². The van der Waals surface area contributed by atoms with Gasteiger partial charge in [-0.05, 0) is 31.2 Å². The largest absolute Gasteiger partial charge is 0.324 e. The van der Waals surface area contributed by atoms with Crippen molar-refractivity contribution < 1.29 is 27.2 Å². The predicted octanol–water partition coefficient (Wildman–Crippen LogP) is 4.25. The molecule has 0 saturated heterocycles. The normalized spacial score (nSPS) is 11.2. The molecule has 0 unspecified atom stereocenters. The Morgan fingerprint density at radius 3 is 2.24 bits per heavy atom. The van der Waals surface area contributed by atoms with Gasteiger partial charge in [0.1, 0.15) is 17.9 Å². The average Bonchev–Trinajstić information content (AvgIpc) is 2.84. The van der Waals surface area contributed by atoms with Gasteiger partial charge in [-0.25, -0.2) is 17.6 Å². The van der Waals surface area contributed by atoms with Gasteiger partial charge in [-0.3, -0.25) is 14.3 Å². The second-order valence-corrected chi connectivity index (χ2v) is 5.40. The molecule has 1 amide bonds. The number of carbonyl (C=O) groups is 2. The van der Waals surface area contributed by atoms with Crippen LogP contribution in [-0.2, 0) is 11.3 Å². The Morgan fingerprint density at radius 2 is 1.76 bits per heavy atom. The lowest BCUT2D eigenvalue weighted by Gasteiger charge is -2.08. The lowest BCUT2D eigenvalue weighted by molar-refractivity contribution is -0.117. The molecule has 0 aliphatic heterocycles. The number of ketones is 1. The molecule has 0 fully saturated rings. The summed E-state index contributed by atoms with van der Waals surface area (Å²) in [4.78, 5) is 23.1. The Balaban J connectivity index is 2.17. The monoisotopic (exact) mass is 377 g/mol. The molecule has 0 bridgehead atoms. The third kappa shape index (κ3) is 4.36. The first-order valence-corrected chi connectivity index (χ1v) is 7.31. The zero-order chi connectivity index (χ0) is 18.7. The standard InChI is InChI=1S/C15H12ClF4N3O2/c1-7(24)8-2-4-9(5-3-8)21-10(25)6-23-13(15(19)20)11(16)12(22-23)14(17)18/h2-5,14-15H,6H2,1H3,(H,21,25). The van der Waals surface area contributed by atoms with E-state index in [4.69, 9.17) is 11.6 Å². The first-order chi connectivity index (χ1) is 11.7. The highest BCUT2D eigenvalue weighted by molar-refractivity contribution is 6.32. The number of hydrogen-bond donors (Lipinski definition) is 1. The average molecular weight is 378 g/mol. The molecule has 1 heterocycles. The number of anilines is 1. The minimum absolute atomic E-state index is 0.162. The lowest BCUT2D eigenvalue weighted by Crippen LogP contribution is -2.21. The van der Waals surface area contributed by atoms with Crippen molar-refractivity contribution in [3.8, 4) is 0 Å². The van der Waals surface area contributed by atoms with Gasteiger partial charge in [0.25, 0.3) is 12.9 Å². The van der Waals surface area contributed by atoms with Crippen LogP contribution < -0.4 is 5.32 Å². The number of amides is 1. The topological polar surface area (TPSA) is 64.0 Å². The Labute approximate surface area is 144 Å². The Bertz CT molecular complexity index is 791. The summed E-state index contributed by atoms with van der Waals surface area (Å²) in [7, 11) is 0. The van der Waals surface area contributed by atoms with Gasteiger partial charge in [0, 0.05) is 11.3 Å². The molecule has 134 valence electrons. The molecule has 0 saturated carbocycles. The van der Waals surface area contributed by atoms with Crippen LogP contribution in [0.5, 0.6) is 0 Å². The third-order valence-corrected chi connectivity index (χ3v) is 3.63. The maximum atomic E-state index is 13.0. The van der Waals surface area contributed by atoms with E-state index < -0.39 is 41.7 Å². The third-order valence-electron chi connectivity index (χ3n) is 3.24. The first kappa shape index (κ1) is 18.9. The quantitative estimate of drug-likeness (QED) is 0.604. The smallest absolute Gasteiger partial charge is 0.283 e. The van der Waals surface area contributed by atoms with Crippen molar-refractivity contribution in [1.82, 2.24) is 9.78 Å². The van der Waals surface area contributed by atoms with E-state index >= 15 is 0 Å². The number of nitrogens with one attached hydrogen (secondary N) is 1. The van der Waals surface area contributed by atoms with Crippen molar-refractivity contribution in [3.05, 3.63) is 46.2 Å². The van der Waals surface area contributed by atoms with E-state index in [9.17, 15) is 27.2 Å². The van der Waals surface area contributed by atoms with Crippen LogP contribution in [0.2, 0.25) is 5.02 Å². The van der Waals surface area contributed by atoms with E-state index in [2.05, 4.69) is 10.4 Å². The van der Waals surface area contributed by atoms with Crippen LogP contribution in [0.3, 0.4) is 0 Å². The van der Waals surface area contributed by atoms with Gasteiger partial charge in [-0.1, -0.05) is 11.6 Å². The summed E-state index contributed by atoms with van der Waals surface area (Å²) in [5.41, 5.74) is -1.21. The number of carbonyl (C=O) groups excluding carboxylic acids is 2. The molecular formula is C15H12ClF4N3O2. The van der Waals surface area contributed by atoms with E-state index in [0.717, 1.165) is 0 Å². The minimum atomic E-state index is -3.17. The molecule has 1 aromatic heterocycles. The number of rotatable bonds is 6. The van der Waals surface area contributed by atoms with Gasteiger partial charge in [-0.2, -0.15) is 5.10 Å². The summed E-state index contributed by atoms with van der Waals surface area (Å²) in [6.45, 7) is 0.655. The number of halogens is 5.